The van der Waals surface area contributed by atoms with Gasteiger partial charge in [0, 0.05) is 30.5 Å². The van der Waals surface area contributed by atoms with E-state index in [2.05, 4.69) is 25.3 Å². The van der Waals surface area contributed by atoms with E-state index in [0.29, 0.717) is 17.8 Å². The second-order valence-corrected chi connectivity index (χ2v) is 5.78. The van der Waals surface area contributed by atoms with Gasteiger partial charge in [-0.3, -0.25) is 20.1 Å². The molecule has 1 aromatic carbocycles. The molecule has 138 valence electrons. The number of nitrogens with zero attached hydrogens (tertiary/aromatic N) is 5. The van der Waals surface area contributed by atoms with Gasteiger partial charge in [-0.15, -0.1) is 0 Å². The number of para-hydroxylation sites is 1. The normalized spacial score (nSPS) is 10.6. The van der Waals surface area contributed by atoms with Crippen molar-refractivity contribution in [2.24, 2.45) is 0 Å². The number of hydrogen-bond donors (Lipinski definition) is 1. The summed E-state index contributed by atoms with van der Waals surface area (Å²) in [6.07, 6.45) is 6.16. The molecular weight excluding hydrogens is 360 g/mol. The molecule has 0 radical (unpaired) electrons. The number of nitro groups is 1. The van der Waals surface area contributed by atoms with Crippen molar-refractivity contribution in [3.63, 3.8) is 0 Å². The molecule has 9 nitrogen and oxygen atoms in total. The number of ether oxygens (including phenoxy) is 1. The van der Waals surface area contributed by atoms with Crippen LogP contribution in [0.3, 0.4) is 0 Å². The van der Waals surface area contributed by atoms with Crippen molar-refractivity contribution in [3.05, 3.63) is 83.1 Å². The second-order valence-electron chi connectivity index (χ2n) is 5.78. The maximum absolute atomic E-state index is 11.7. The third kappa shape index (κ3) is 3.54. The van der Waals surface area contributed by atoms with Crippen molar-refractivity contribution in [1.82, 2.24) is 19.9 Å². The van der Waals surface area contributed by atoms with Gasteiger partial charge >= 0.3 is 11.6 Å². The minimum atomic E-state index is -0.570. The largest absolute Gasteiger partial charge is 0.431 e. The van der Waals surface area contributed by atoms with E-state index >= 15 is 0 Å². The highest BCUT2D eigenvalue weighted by atomic mass is 16.6. The van der Waals surface area contributed by atoms with Crippen LogP contribution in [-0.2, 0) is 6.54 Å². The van der Waals surface area contributed by atoms with Crippen LogP contribution in [0, 0.1) is 10.1 Å². The van der Waals surface area contributed by atoms with Crippen LogP contribution < -0.4 is 10.1 Å². The zero-order valence-corrected chi connectivity index (χ0v) is 14.5. The molecule has 0 aliphatic heterocycles. The Morgan fingerprint density at radius 1 is 1.04 bits per heavy atom. The number of fused-ring (bicyclic) bond motifs is 1. The molecule has 0 aliphatic carbocycles. The van der Waals surface area contributed by atoms with E-state index in [1.165, 1.54) is 6.33 Å². The first-order valence-electron chi connectivity index (χ1n) is 8.36. The van der Waals surface area contributed by atoms with Crippen molar-refractivity contribution in [1.29, 1.82) is 0 Å². The first kappa shape index (κ1) is 17.3. The highest BCUT2D eigenvalue weighted by Gasteiger charge is 2.25. The predicted octanol–water partition coefficient (Wildman–Crippen LogP) is 3.73. The molecule has 0 fully saturated rings. The molecule has 4 rings (SSSR count). The molecule has 3 aromatic heterocycles. The van der Waals surface area contributed by atoms with Crippen LogP contribution in [0.2, 0.25) is 0 Å². The van der Waals surface area contributed by atoms with Gasteiger partial charge in [0.25, 0.3) is 0 Å². The van der Waals surface area contributed by atoms with Crippen LogP contribution in [0.15, 0.2) is 67.4 Å². The fraction of sp³-hybridized carbons (Fsp3) is 0.0526. The van der Waals surface area contributed by atoms with E-state index in [1.54, 1.807) is 42.9 Å². The Morgan fingerprint density at radius 2 is 1.89 bits per heavy atom. The molecule has 0 spiro atoms. The highest BCUT2D eigenvalue weighted by Crippen LogP contribution is 2.36. The maximum Gasteiger partial charge on any atom is 0.373 e. The van der Waals surface area contributed by atoms with Crippen LogP contribution in [0.4, 0.5) is 11.5 Å². The summed E-state index contributed by atoms with van der Waals surface area (Å²) in [5.41, 5.74) is 1.10. The number of anilines is 1. The van der Waals surface area contributed by atoms with Gasteiger partial charge in [-0.1, -0.05) is 24.3 Å². The molecule has 0 aliphatic rings. The summed E-state index contributed by atoms with van der Waals surface area (Å²) in [4.78, 5) is 27.4. The molecule has 9 heteroatoms. The van der Waals surface area contributed by atoms with Crippen molar-refractivity contribution >= 4 is 22.4 Å². The van der Waals surface area contributed by atoms with E-state index in [1.807, 2.05) is 18.2 Å². The van der Waals surface area contributed by atoms with Gasteiger partial charge in [-0.2, -0.15) is 4.98 Å². The van der Waals surface area contributed by atoms with Gasteiger partial charge in [0.1, 0.15) is 11.8 Å². The van der Waals surface area contributed by atoms with Crippen molar-refractivity contribution in [2.75, 3.05) is 5.32 Å². The Bertz CT molecular complexity index is 1130. The molecule has 0 bridgehead atoms. The fourth-order valence-corrected chi connectivity index (χ4v) is 2.68. The van der Waals surface area contributed by atoms with Crippen LogP contribution >= 0.6 is 0 Å². The Labute approximate surface area is 159 Å². The van der Waals surface area contributed by atoms with Gasteiger partial charge in [0.05, 0.1) is 4.92 Å². The second kappa shape index (κ2) is 7.62. The molecule has 1 N–H and O–H groups in total. The van der Waals surface area contributed by atoms with E-state index in [9.17, 15) is 10.1 Å². The number of pyridine rings is 2. The van der Waals surface area contributed by atoms with Gasteiger partial charge in [0.15, 0.2) is 5.75 Å². The average Bonchev–Trinajstić information content (AvgIpc) is 2.73. The number of hydrogen-bond acceptors (Lipinski definition) is 8. The molecule has 0 saturated carbocycles. The lowest BCUT2D eigenvalue weighted by Gasteiger charge is -2.10. The molecule has 0 atom stereocenters. The summed E-state index contributed by atoms with van der Waals surface area (Å²) >= 11 is 0. The fourth-order valence-electron chi connectivity index (χ4n) is 2.68. The predicted molar refractivity (Wildman–Crippen MR) is 102 cm³/mol. The van der Waals surface area contributed by atoms with Crippen LogP contribution in [0.1, 0.15) is 5.56 Å². The zero-order chi connectivity index (χ0) is 19.3. The molecule has 3 heterocycles. The monoisotopic (exact) mass is 374 g/mol. The van der Waals surface area contributed by atoms with E-state index in [-0.39, 0.29) is 17.4 Å². The van der Waals surface area contributed by atoms with Crippen molar-refractivity contribution in [2.45, 2.75) is 6.54 Å². The lowest BCUT2D eigenvalue weighted by atomic mass is 10.2. The smallest absolute Gasteiger partial charge is 0.373 e. The van der Waals surface area contributed by atoms with E-state index in [0.717, 1.165) is 10.9 Å². The highest BCUT2D eigenvalue weighted by molar-refractivity contribution is 5.84. The topological polar surface area (TPSA) is 116 Å². The SMILES string of the molecule is O=[N+]([O-])c1c(NCc2cccnc2)ncnc1Oc1cccc2cccnc12. The van der Waals surface area contributed by atoms with Crippen molar-refractivity contribution < 1.29 is 9.66 Å². The third-order valence-electron chi connectivity index (χ3n) is 3.96. The summed E-state index contributed by atoms with van der Waals surface area (Å²) in [6.45, 7) is 0.320. The van der Waals surface area contributed by atoms with Crippen LogP contribution in [0.25, 0.3) is 10.9 Å². The first-order valence-corrected chi connectivity index (χ1v) is 8.36. The maximum atomic E-state index is 11.7. The zero-order valence-electron chi connectivity index (χ0n) is 14.5. The Morgan fingerprint density at radius 3 is 2.71 bits per heavy atom. The number of benzene rings is 1. The minimum Gasteiger partial charge on any atom is -0.431 e. The molecule has 0 saturated heterocycles. The summed E-state index contributed by atoms with van der Waals surface area (Å²) in [6, 6.07) is 12.7. The molecule has 0 amide bonds. The summed E-state index contributed by atoms with van der Waals surface area (Å²) in [5.74, 6) is 0.275. The lowest BCUT2D eigenvalue weighted by molar-refractivity contribution is -0.385. The summed E-state index contributed by atoms with van der Waals surface area (Å²) in [7, 11) is 0. The summed E-state index contributed by atoms with van der Waals surface area (Å²) < 4.78 is 5.77. The Balaban J connectivity index is 1.68. The van der Waals surface area contributed by atoms with Crippen molar-refractivity contribution in [3.8, 4) is 11.6 Å². The quantitative estimate of drug-likeness (QED) is 0.401. The Kier molecular flexibility index (Phi) is 4.70. The molecule has 28 heavy (non-hydrogen) atoms. The average molecular weight is 374 g/mol. The van der Waals surface area contributed by atoms with Gasteiger partial charge in [0.2, 0.25) is 5.82 Å². The number of nitrogens with one attached hydrogen (secondary N) is 1. The lowest BCUT2D eigenvalue weighted by Crippen LogP contribution is -2.07. The Hall–Kier alpha value is -4.14. The molecule has 0 unspecified atom stereocenters. The minimum absolute atomic E-state index is 0.0621. The standard InChI is InChI=1S/C19H14N6O3/c26-25(27)17-18(22-11-13-4-2-8-20-10-13)23-12-24-19(17)28-15-7-1-5-14-6-3-9-21-16(14)15/h1-10,12H,11H2,(H,22,23,24). The first-order chi connectivity index (χ1) is 13.7. The number of rotatable bonds is 6. The molecular formula is C19H14N6O3. The van der Waals surface area contributed by atoms with Gasteiger partial charge in [-0.25, -0.2) is 4.98 Å². The van der Waals surface area contributed by atoms with Crippen LogP contribution in [0.5, 0.6) is 11.6 Å². The van der Waals surface area contributed by atoms with Gasteiger partial charge < -0.3 is 10.1 Å². The van der Waals surface area contributed by atoms with E-state index in [4.69, 9.17) is 4.74 Å². The molecule has 4 aromatic rings. The van der Waals surface area contributed by atoms with E-state index < -0.39 is 4.92 Å². The summed E-state index contributed by atoms with van der Waals surface area (Å²) in [5, 5.41) is 15.5. The van der Waals surface area contributed by atoms with Crippen LogP contribution in [-0.4, -0.2) is 24.9 Å². The third-order valence-corrected chi connectivity index (χ3v) is 3.96. The number of aromatic nitrogens is 4. The van der Waals surface area contributed by atoms with Gasteiger partial charge in [-0.05, 0) is 23.8 Å².